The van der Waals surface area contributed by atoms with Gasteiger partial charge < -0.3 is 25.7 Å². The highest BCUT2D eigenvalue weighted by atomic mass is 16.5. The van der Waals surface area contributed by atoms with Crippen LogP contribution >= 0.6 is 0 Å². The Morgan fingerprint density at radius 3 is 2.90 bits per heavy atom. The third kappa shape index (κ3) is 3.17. The first-order valence-corrected chi connectivity index (χ1v) is 6.49. The summed E-state index contributed by atoms with van der Waals surface area (Å²) in [6, 6.07) is 1.68. The number of aromatic nitrogens is 1. The van der Waals surface area contributed by atoms with Gasteiger partial charge in [0.1, 0.15) is 0 Å². The SMILES string of the molecule is CN(CC1(O)CCOCC1)c1cnccc1/C(N)=N/O. The lowest BCUT2D eigenvalue weighted by Crippen LogP contribution is -2.46. The predicted molar refractivity (Wildman–Crippen MR) is 75.0 cm³/mol. The maximum atomic E-state index is 10.5. The van der Waals surface area contributed by atoms with E-state index in [1.54, 1.807) is 18.5 Å². The number of aliphatic hydroxyl groups is 1. The zero-order valence-corrected chi connectivity index (χ0v) is 11.5. The summed E-state index contributed by atoms with van der Waals surface area (Å²) in [4.78, 5) is 5.93. The molecule has 20 heavy (non-hydrogen) atoms. The molecule has 0 atom stereocenters. The van der Waals surface area contributed by atoms with E-state index < -0.39 is 5.60 Å². The summed E-state index contributed by atoms with van der Waals surface area (Å²) in [6.45, 7) is 1.56. The molecule has 0 unspecified atom stereocenters. The highest BCUT2D eigenvalue weighted by molar-refractivity contribution is 6.01. The van der Waals surface area contributed by atoms with Gasteiger partial charge in [-0.2, -0.15) is 0 Å². The first kappa shape index (κ1) is 14.5. The van der Waals surface area contributed by atoms with Crippen LogP contribution in [-0.4, -0.2) is 53.5 Å². The molecule has 0 radical (unpaired) electrons. The van der Waals surface area contributed by atoms with Crippen molar-refractivity contribution in [2.75, 3.05) is 31.7 Å². The molecule has 1 aliphatic heterocycles. The molecule has 2 heterocycles. The Kier molecular flexibility index (Phi) is 4.41. The molecule has 110 valence electrons. The number of nitrogens with zero attached hydrogens (tertiary/aromatic N) is 3. The summed E-state index contributed by atoms with van der Waals surface area (Å²) in [7, 11) is 1.85. The lowest BCUT2D eigenvalue weighted by atomic mass is 9.93. The fourth-order valence-electron chi connectivity index (χ4n) is 2.40. The van der Waals surface area contributed by atoms with Crippen LogP contribution in [0.4, 0.5) is 5.69 Å². The molecular formula is C13H20N4O3. The minimum atomic E-state index is -0.786. The molecule has 0 bridgehead atoms. The predicted octanol–water partition coefficient (Wildman–Crippen LogP) is 0.154. The number of amidine groups is 1. The highest BCUT2D eigenvalue weighted by Crippen LogP contribution is 2.25. The molecule has 4 N–H and O–H groups in total. The van der Waals surface area contributed by atoms with Crippen LogP contribution in [0.3, 0.4) is 0 Å². The number of ether oxygens (including phenoxy) is 1. The van der Waals surface area contributed by atoms with Crippen LogP contribution in [0.15, 0.2) is 23.6 Å². The standard InChI is InChI=1S/C13H20N4O3/c1-17(9-13(18)3-6-20-7-4-13)11-8-15-5-2-10(11)12(14)16-19/h2,5,8,18-19H,3-4,6-7,9H2,1H3,(H2,14,16). The van der Waals surface area contributed by atoms with Crippen molar-refractivity contribution in [1.29, 1.82) is 0 Å². The van der Waals surface area contributed by atoms with Gasteiger partial charge >= 0.3 is 0 Å². The molecule has 0 aliphatic carbocycles. The third-order valence-corrected chi connectivity index (χ3v) is 3.55. The van der Waals surface area contributed by atoms with Crippen LogP contribution in [0.2, 0.25) is 0 Å². The van der Waals surface area contributed by atoms with Gasteiger partial charge in [-0.1, -0.05) is 5.16 Å². The monoisotopic (exact) mass is 280 g/mol. The fraction of sp³-hybridized carbons (Fsp3) is 0.538. The van der Waals surface area contributed by atoms with E-state index in [1.807, 2.05) is 11.9 Å². The number of pyridine rings is 1. The molecule has 1 aliphatic rings. The number of oxime groups is 1. The average Bonchev–Trinajstić information content (AvgIpc) is 2.46. The molecule has 7 heteroatoms. The third-order valence-electron chi connectivity index (χ3n) is 3.55. The van der Waals surface area contributed by atoms with E-state index in [-0.39, 0.29) is 5.84 Å². The van der Waals surface area contributed by atoms with E-state index in [0.29, 0.717) is 43.9 Å². The van der Waals surface area contributed by atoms with Gasteiger partial charge in [0.15, 0.2) is 5.84 Å². The first-order valence-electron chi connectivity index (χ1n) is 6.49. The van der Waals surface area contributed by atoms with Crippen LogP contribution in [0, 0.1) is 0 Å². The Bertz CT molecular complexity index is 486. The van der Waals surface area contributed by atoms with Crippen LogP contribution in [0.1, 0.15) is 18.4 Å². The van der Waals surface area contributed by atoms with Crippen molar-refractivity contribution in [3.05, 3.63) is 24.0 Å². The molecule has 1 saturated heterocycles. The number of anilines is 1. The van der Waals surface area contributed by atoms with E-state index in [1.165, 1.54) is 0 Å². The average molecular weight is 280 g/mol. The van der Waals surface area contributed by atoms with Crippen molar-refractivity contribution in [3.8, 4) is 0 Å². The Hall–Kier alpha value is -1.86. The first-order chi connectivity index (χ1) is 9.56. The lowest BCUT2D eigenvalue weighted by Gasteiger charge is -2.36. The van der Waals surface area contributed by atoms with Gasteiger partial charge in [0.25, 0.3) is 0 Å². The number of nitrogens with two attached hydrogens (primary N) is 1. The smallest absolute Gasteiger partial charge is 0.172 e. The molecular weight excluding hydrogens is 260 g/mol. The molecule has 2 rings (SSSR count). The maximum Gasteiger partial charge on any atom is 0.172 e. The summed E-state index contributed by atoms with van der Waals surface area (Å²) < 4.78 is 5.27. The Balaban J connectivity index is 2.19. The number of hydrogen-bond donors (Lipinski definition) is 3. The van der Waals surface area contributed by atoms with Crippen LogP contribution in [0.25, 0.3) is 0 Å². The van der Waals surface area contributed by atoms with Crippen molar-refractivity contribution >= 4 is 11.5 Å². The van der Waals surface area contributed by atoms with E-state index >= 15 is 0 Å². The Morgan fingerprint density at radius 1 is 1.55 bits per heavy atom. The molecule has 7 nitrogen and oxygen atoms in total. The van der Waals surface area contributed by atoms with Gasteiger partial charge in [0.2, 0.25) is 0 Å². The molecule has 1 fully saturated rings. The van der Waals surface area contributed by atoms with Gasteiger partial charge in [-0.3, -0.25) is 4.98 Å². The van der Waals surface area contributed by atoms with E-state index in [2.05, 4.69) is 10.1 Å². The summed E-state index contributed by atoms with van der Waals surface area (Å²) in [5, 5.41) is 22.4. The van der Waals surface area contributed by atoms with Crippen molar-refractivity contribution in [1.82, 2.24) is 4.98 Å². The molecule has 1 aromatic heterocycles. The van der Waals surface area contributed by atoms with Crippen molar-refractivity contribution < 1.29 is 15.1 Å². The zero-order valence-electron chi connectivity index (χ0n) is 11.5. The quantitative estimate of drug-likeness (QED) is 0.314. The van der Waals surface area contributed by atoms with Crippen molar-refractivity contribution in [2.45, 2.75) is 18.4 Å². The topological polar surface area (TPSA) is 104 Å². The maximum absolute atomic E-state index is 10.5. The minimum Gasteiger partial charge on any atom is -0.409 e. The molecule has 0 spiro atoms. The second kappa shape index (κ2) is 6.06. The largest absolute Gasteiger partial charge is 0.409 e. The fourth-order valence-corrected chi connectivity index (χ4v) is 2.40. The van der Waals surface area contributed by atoms with E-state index in [4.69, 9.17) is 15.7 Å². The summed E-state index contributed by atoms with van der Waals surface area (Å²) in [5.41, 5.74) is 6.17. The van der Waals surface area contributed by atoms with Crippen molar-refractivity contribution in [3.63, 3.8) is 0 Å². The molecule has 0 amide bonds. The lowest BCUT2D eigenvalue weighted by molar-refractivity contribution is -0.0572. The van der Waals surface area contributed by atoms with Crippen LogP contribution in [-0.2, 0) is 4.74 Å². The van der Waals surface area contributed by atoms with Gasteiger partial charge in [0, 0.05) is 51.4 Å². The Labute approximate surface area is 117 Å². The molecule has 1 aromatic rings. The van der Waals surface area contributed by atoms with Gasteiger partial charge in [-0.25, -0.2) is 0 Å². The van der Waals surface area contributed by atoms with Crippen LogP contribution < -0.4 is 10.6 Å². The summed E-state index contributed by atoms with van der Waals surface area (Å²) >= 11 is 0. The zero-order chi connectivity index (χ0) is 14.6. The number of rotatable bonds is 4. The van der Waals surface area contributed by atoms with Crippen molar-refractivity contribution in [2.24, 2.45) is 10.9 Å². The normalized spacial score (nSPS) is 18.8. The number of likely N-dealkylation sites (N-methyl/N-ethyl adjacent to an activating group) is 1. The Morgan fingerprint density at radius 2 is 2.25 bits per heavy atom. The molecule has 0 saturated carbocycles. The van der Waals surface area contributed by atoms with Gasteiger partial charge in [0.05, 0.1) is 17.5 Å². The van der Waals surface area contributed by atoms with E-state index in [9.17, 15) is 5.11 Å². The van der Waals surface area contributed by atoms with Crippen LogP contribution in [0.5, 0.6) is 0 Å². The van der Waals surface area contributed by atoms with E-state index in [0.717, 1.165) is 0 Å². The summed E-state index contributed by atoms with van der Waals surface area (Å²) in [5.74, 6) is 0.0215. The minimum absolute atomic E-state index is 0.0215. The number of hydrogen-bond acceptors (Lipinski definition) is 6. The highest BCUT2D eigenvalue weighted by Gasteiger charge is 2.31. The van der Waals surface area contributed by atoms with Gasteiger partial charge in [-0.05, 0) is 6.07 Å². The summed E-state index contributed by atoms with van der Waals surface area (Å²) in [6.07, 6.45) is 4.40. The molecule has 0 aromatic carbocycles. The van der Waals surface area contributed by atoms with Gasteiger partial charge in [-0.15, -0.1) is 0 Å². The second-order valence-corrected chi connectivity index (χ2v) is 5.07. The second-order valence-electron chi connectivity index (χ2n) is 5.07.